The van der Waals surface area contributed by atoms with Gasteiger partial charge in [0, 0.05) is 0 Å². The lowest BCUT2D eigenvalue weighted by atomic mass is 10.1. The maximum Gasteiger partial charge on any atom is -0.00114 e. The van der Waals surface area contributed by atoms with Gasteiger partial charge in [-0.2, -0.15) is 0 Å². The van der Waals surface area contributed by atoms with Gasteiger partial charge in [-0.3, -0.25) is 0 Å². The van der Waals surface area contributed by atoms with Crippen molar-refractivity contribution in [3.63, 3.8) is 0 Å². The van der Waals surface area contributed by atoms with Crippen LogP contribution in [0.3, 0.4) is 0 Å². The third-order valence-corrected chi connectivity index (χ3v) is 9.25. The van der Waals surface area contributed by atoms with Gasteiger partial charge in [-0.05, 0) is 50.4 Å². The molecule has 0 nitrogen and oxygen atoms in total. The first-order chi connectivity index (χ1) is 9.86. The molecule has 0 fully saturated rings. The van der Waals surface area contributed by atoms with Crippen LogP contribution in [0.2, 0.25) is 0 Å². The van der Waals surface area contributed by atoms with Crippen molar-refractivity contribution in [1.82, 2.24) is 0 Å². The van der Waals surface area contributed by atoms with E-state index in [0.29, 0.717) is 0 Å². The summed E-state index contributed by atoms with van der Waals surface area (Å²) in [5, 5.41) is 0. The molecule has 0 saturated carbocycles. The normalized spacial score (nSPS) is 10.1. The van der Waals surface area contributed by atoms with E-state index in [2.05, 4.69) is 59.7 Å². The molecule has 20 heavy (non-hydrogen) atoms. The summed E-state index contributed by atoms with van der Waals surface area (Å²) in [7, 11) is 6.05. The maximum absolute atomic E-state index is 3.87. The molecule has 0 bridgehead atoms. The van der Waals surface area contributed by atoms with Gasteiger partial charge in [0.15, 0.2) is 0 Å². The Morgan fingerprint density at radius 3 is 1.25 bits per heavy atom. The van der Waals surface area contributed by atoms with Crippen LogP contribution >= 0.6 is 62.6 Å². The topological polar surface area (TPSA) is 0 Å². The van der Waals surface area contributed by atoms with Crippen LogP contribution < -0.4 is 0 Å². The minimum atomic E-state index is 1.23. The summed E-state index contributed by atoms with van der Waals surface area (Å²) in [5.74, 6) is 0. The number of rotatable bonds is 5. The third kappa shape index (κ3) is 9.26. The van der Waals surface area contributed by atoms with E-state index in [1.54, 1.807) is 19.7 Å². The van der Waals surface area contributed by atoms with E-state index in [4.69, 9.17) is 0 Å². The summed E-state index contributed by atoms with van der Waals surface area (Å²) < 4.78 is 0. The van der Waals surface area contributed by atoms with Gasteiger partial charge in [0.25, 0.3) is 0 Å². The molecular formula is C14H14S6. The molecule has 0 unspecified atom stereocenters. The lowest BCUT2D eigenvalue weighted by molar-refractivity contribution is 1.65. The summed E-state index contributed by atoms with van der Waals surface area (Å²) in [6.45, 7) is 0. The van der Waals surface area contributed by atoms with Crippen molar-refractivity contribution in [2.24, 2.45) is 0 Å². The second kappa shape index (κ2) is 13.0. The van der Waals surface area contributed by atoms with Crippen LogP contribution in [-0.2, 0) is 0 Å². The monoisotopic (exact) mass is 374 g/mol. The highest BCUT2D eigenvalue weighted by Gasteiger charge is 1.84. The fraction of sp³-hybridized carbons (Fsp3) is 0. The lowest BCUT2D eigenvalue weighted by Gasteiger charge is -1.92. The number of hydrogen-bond donors (Lipinski definition) is 2. The van der Waals surface area contributed by atoms with Gasteiger partial charge < -0.3 is 0 Å². The molecule has 0 spiro atoms. The molecule has 0 N–H and O–H groups in total. The smallest absolute Gasteiger partial charge is 0.00114 e. The van der Waals surface area contributed by atoms with E-state index in [9.17, 15) is 0 Å². The average Bonchev–Trinajstić information content (AvgIpc) is 2.53. The summed E-state index contributed by atoms with van der Waals surface area (Å²) in [5.41, 5.74) is 2.47. The fourth-order valence-electron chi connectivity index (χ4n) is 1.35. The van der Waals surface area contributed by atoms with Gasteiger partial charge >= 0.3 is 0 Å². The van der Waals surface area contributed by atoms with Crippen molar-refractivity contribution >= 4 is 74.8 Å². The first-order valence-electron chi connectivity index (χ1n) is 5.60. The van der Waals surface area contributed by atoms with Crippen LogP contribution in [0.15, 0.2) is 60.7 Å². The first-order valence-corrected chi connectivity index (χ1v) is 12.5. The Kier molecular flexibility index (Phi) is 11.9. The molecule has 2 aromatic carbocycles. The van der Waals surface area contributed by atoms with Crippen LogP contribution in [0.5, 0.6) is 0 Å². The summed E-state index contributed by atoms with van der Waals surface area (Å²) >= 11 is 7.73. The zero-order valence-corrected chi connectivity index (χ0v) is 15.5. The van der Waals surface area contributed by atoms with Crippen LogP contribution in [0, 0.1) is 0 Å². The minimum absolute atomic E-state index is 1.23. The Hall–Kier alpha value is 0.280. The lowest BCUT2D eigenvalue weighted by Crippen LogP contribution is -1.70. The zero-order valence-electron chi connectivity index (χ0n) is 10.5. The van der Waals surface area contributed by atoms with Crippen molar-refractivity contribution in [3.8, 4) is 0 Å². The van der Waals surface area contributed by atoms with E-state index in [0.717, 1.165) is 0 Å². The van der Waals surface area contributed by atoms with E-state index >= 15 is 0 Å². The summed E-state index contributed by atoms with van der Waals surface area (Å²) in [6, 6.07) is 20.6. The van der Waals surface area contributed by atoms with Crippen molar-refractivity contribution in [3.05, 3.63) is 71.8 Å². The predicted octanol–water partition coefficient (Wildman–Crippen LogP) is 7.21. The van der Waals surface area contributed by atoms with Gasteiger partial charge in [-0.25, -0.2) is 0 Å². The van der Waals surface area contributed by atoms with E-state index in [1.165, 1.54) is 30.8 Å². The van der Waals surface area contributed by atoms with Gasteiger partial charge in [0.2, 0.25) is 0 Å². The minimum Gasteiger partial charge on any atom is -0.0988 e. The molecule has 0 aliphatic carbocycles. The molecule has 0 saturated heterocycles. The largest absolute Gasteiger partial charge is 0.0988 e. The zero-order chi connectivity index (χ0) is 14.5. The van der Waals surface area contributed by atoms with Crippen LogP contribution in [0.25, 0.3) is 12.2 Å². The van der Waals surface area contributed by atoms with Crippen molar-refractivity contribution in [2.45, 2.75) is 0 Å². The molecule has 0 aliphatic heterocycles. The number of benzene rings is 2. The maximum atomic E-state index is 3.87. The molecule has 2 rings (SSSR count). The molecule has 6 heteroatoms. The Morgan fingerprint density at radius 2 is 0.950 bits per heavy atom. The Bertz CT molecular complexity index is 426. The molecule has 0 aromatic heterocycles. The number of hydrogen-bond acceptors (Lipinski definition) is 6. The van der Waals surface area contributed by atoms with E-state index in [1.807, 2.05) is 36.4 Å². The molecule has 0 amide bonds. The first kappa shape index (κ1) is 18.3. The molecule has 0 heterocycles. The van der Waals surface area contributed by atoms with Crippen LogP contribution in [0.1, 0.15) is 11.1 Å². The van der Waals surface area contributed by atoms with Gasteiger partial charge in [0.05, 0.1) is 0 Å². The molecule has 0 aliphatic rings. The molecule has 2 aromatic rings. The van der Waals surface area contributed by atoms with Gasteiger partial charge in [-0.15, -0.1) is 0 Å². The van der Waals surface area contributed by atoms with Crippen LogP contribution in [-0.4, -0.2) is 0 Å². The Morgan fingerprint density at radius 1 is 0.600 bits per heavy atom. The van der Waals surface area contributed by atoms with E-state index < -0.39 is 0 Å². The fourth-order valence-corrected chi connectivity index (χ4v) is 7.36. The highest BCUT2D eigenvalue weighted by molar-refractivity contribution is 9.40. The predicted molar refractivity (Wildman–Crippen MR) is 110 cm³/mol. The second-order valence-electron chi connectivity index (χ2n) is 3.44. The molecular weight excluding hydrogens is 361 g/mol. The summed E-state index contributed by atoms with van der Waals surface area (Å²) in [4.78, 5) is 0. The molecule has 106 valence electrons. The van der Waals surface area contributed by atoms with Crippen molar-refractivity contribution in [2.75, 3.05) is 0 Å². The number of thiol groups is 2. The van der Waals surface area contributed by atoms with E-state index in [-0.39, 0.29) is 0 Å². The Balaban J connectivity index is 0.000000286. The SMILES string of the molecule is C(=Cc1ccccc1)c1ccccc1.SSSSSS. The Labute approximate surface area is 145 Å². The third-order valence-electron chi connectivity index (χ3n) is 2.16. The quantitative estimate of drug-likeness (QED) is 0.245. The summed E-state index contributed by atoms with van der Waals surface area (Å²) in [6.07, 6.45) is 4.24. The highest BCUT2D eigenvalue weighted by Crippen LogP contribution is 2.45. The standard InChI is InChI=1S/C14H12.H2S6/c1-3-7-13(8-4-1)11-12-14-9-5-2-6-10-14;1-3-5-6-4-2/h1-12H;1-2H. The average molecular weight is 375 g/mol. The highest BCUT2D eigenvalue weighted by atomic mass is 33.9. The van der Waals surface area contributed by atoms with Gasteiger partial charge in [0.1, 0.15) is 0 Å². The second-order valence-corrected chi connectivity index (χ2v) is 10.9. The molecule has 0 radical (unpaired) electrons. The van der Waals surface area contributed by atoms with Gasteiger partial charge in [-0.1, -0.05) is 96.1 Å². The van der Waals surface area contributed by atoms with Crippen molar-refractivity contribution < 1.29 is 0 Å². The van der Waals surface area contributed by atoms with Crippen LogP contribution in [0.4, 0.5) is 0 Å². The van der Waals surface area contributed by atoms with Crippen molar-refractivity contribution in [1.29, 1.82) is 0 Å². The molecule has 0 atom stereocenters.